The van der Waals surface area contributed by atoms with Gasteiger partial charge in [-0.3, -0.25) is 9.89 Å². The second-order valence-corrected chi connectivity index (χ2v) is 5.05. The van der Waals surface area contributed by atoms with Crippen LogP contribution in [0.5, 0.6) is 0 Å². The Morgan fingerprint density at radius 2 is 2.17 bits per heavy atom. The van der Waals surface area contributed by atoms with E-state index in [-0.39, 0.29) is 6.54 Å². The van der Waals surface area contributed by atoms with E-state index in [9.17, 15) is 22.4 Å². The smallest absolute Gasteiger partial charge is 0.330 e. The number of alkyl halides is 4. The molecule has 126 valence electrons. The van der Waals surface area contributed by atoms with Gasteiger partial charge in [-0.05, 0) is 19.1 Å². The van der Waals surface area contributed by atoms with Crippen molar-refractivity contribution >= 4 is 16.8 Å². The zero-order chi connectivity index (χ0) is 17.0. The molecule has 5 nitrogen and oxygen atoms in total. The lowest BCUT2D eigenvalue weighted by molar-refractivity contribution is -0.168. The monoisotopic (exact) mass is 333 g/mol. The number of aromatic amines is 1. The molecule has 0 bridgehead atoms. The second kappa shape index (κ2) is 6.95. The molecule has 23 heavy (non-hydrogen) atoms. The maximum Gasteiger partial charge on any atom is 0.330 e. The highest BCUT2D eigenvalue weighted by atomic mass is 19.3. The van der Waals surface area contributed by atoms with Crippen LogP contribution in [0, 0.1) is 6.92 Å². The minimum absolute atomic E-state index is 0.0907. The highest BCUT2D eigenvalue weighted by Crippen LogP contribution is 2.22. The van der Waals surface area contributed by atoms with Crippen molar-refractivity contribution in [2.75, 3.05) is 13.2 Å². The number of benzene rings is 1. The highest BCUT2D eigenvalue weighted by molar-refractivity contribution is 5.83. The van der Waals surface area contributed by atoms with Gasteiger partial charge in [-0.2, -0.15) is 13.9 Å². The quantitative estimate of drug-likeness (QED) is 0.765. The third-order valence-corrected chi connectivity index (χ3v) is 3.10. The summed E-state index contributed by atoms with van der Waals surface area (Å²) in [6.07, 6.45) is -3.83. The normalized spacial score (nSPS) is 12.1. The van der Waals surface area contributed by atoms with Crippen molar-refractivity contribution < 1.29 is 27.1 Å². The lowest BCUT2D eigenvalue weighted by Gasteiger charge is -2.14. The van der Waals surface area contributed by atoms with Crippen molar-refractivity contribution in [2.24, 2.45) is 0 Å². The van der Waals surface area contributed by atoms with Gasteiger partial charge in [0.15, 0.2) is 0 Å². The van der Waals surface area contributed by atoms with Crippen LogP contribution in [0.15, 0.2) is 18.2 Å². The molecule has 1 aromatic carbocycles. The van der Waals surface area contributed by atoms with Crippen LogP contribution in [-0.2, 0) is 16.1 Å². The van der Waals surface area contributed by atoms with Crippen molar-refractivity contribution in [1.29, 1.82) is 0 Å². The van der Waals surface area contributed by atoms with Crippen LogP contribution in [0.3, 0.4) is 0 Å². The van der Waals surface area contributed by atoms with E-state index in [1.807, 2.05) is 25.1 Å². The zero-order valence-electron chi connectivity index (χ0n) is 12.2. The summed E-state index contributed by atoms with van der Waals surface area (Å²) in [5.41, 5.74) is 2.40. The van der Waals surface area contributed by atoms with Crippen molar-refractivity contribution in [2.45, 2.75) is 25.8 Å². The number of aromatic nitrogens is 2. The predicted octanol–water partition coefficient (Wildman–Crippen LogP) is 2.40. The van der Waals surface area contributed by atoms with E-state index in [1.165, 1.54) is 0 Å². The molecule has 0 saturated carbocycles. The number of carbonyl (C=O) groups excluding carboxylic acids is 1. The largest absolute Gasteiger partial charge is 0.365 e. The Morgan fingerprint density at radius 3 is 2.87 bits per heavy atom. The fourth-order valence-electron chi connectivity index (χ4n) is 1.89. The molecule has 1 aromatic heterocycles. The van der Waals surface area contributed by atoms with Crippen LogP contribution >= 0.6 is 0 Å². The molecule has 0 fully saturated rings. The fourth-order valence-corrected chi connectivity index (χ4v) is 1.89. The number of ether oxygens (including phenoxy) is 1. The number of H-pyrrole nitrogens is 1. The molecule has 0 aliphatic rings. The summed E-state index contributed by atoms with van der Waals surface area (Å²) in [6.45, 7) is -0.239. The SMILES string of the molecule is Cc1ccc2n[nH]c(CNC(=O)COCC(F)(F)C(F)F)c2c1. The summed E-state index contributed by atoms with van der Waals surface area (Å²) < 4.78 is 53.3. The molecular weight excluding hydrogens is 318 g/mol. The summed E-state index contributed by atoms with van der Waals surface area (Å²) in [7, 11) is 0. The molecule has 0 aliphatic heterocycles. The number of carbonyl (C=O) groups is 1. The average Bonchev–Trinajstić information content (AvgIpc) is 2.87. The Labute approximate surface area is 129 Å². The van der Waals surface area contributed by atoms with E-state index in [0.29, 0.717) is 5.69 Å². The number of hydrogen-bond acceptors (Lipinski definition) is 3. The van der Waals surface area contributed by atoms with Gasteiger partial charge in [0.05, 0.1) is 17.8 Å². The standard InChI is InChI=1S/C14H15F4N3O2/c1-8-2-3-10-9(4-8)11(21-20-10)5-19-12(22)6-23-7-14(17,18)13(15)16/h2-4,13H,5-7H2,1H3,(H,19,22)(H,20,21). The Morgan fingerprint density at radius 1 is 1.43 bits per heavy atom. The van der Waals surface area contributed by atoms with Crippen LogP contribution in [0.4, 0.5) is 17.6 Å². The predicted molar refractivity (Wildman–Crippen MR) is 74.4 cm³/mol. The van der Waals surface area contributed by atoms with E-state index in [1.54, 1.807) is 0 Å². The lowest BCUT2D eigenvalue weighted by Crippen LogP contribution is -2.35. The third kappa shape index (κ3) is 4.41. The Balaban J connectivity index is 1.83. The zero-order valence-corrected chi connectivity index (χ0v) is 12.2. The first-order valence-electron chi connectivity index (χ1n) is 6.73. The number of hydrogen-bond donors (Lipinski definition) is 2. The molecule has 9 heteroatoms. The maximum absolute atomic E-state index is 12.6. The summed E-state index contributed by atoms with van der Waals surface area (Å²) >= 11 is 0. The van der Waals surface area contributed by atoms with E-state index < -0.39 is 31.5 Å². The molecular formula is C14H15F4N3O2. The first-order valence-corrected chi connectivity index (χ1v) is 6.73. The summed E-state index contributed by atoms with van der Waals surface area (Å²) in [6, 6.07) is 5.60. The van der Waals surface area contributed by atoms with E-state index in [4.69, 9.17) is 0 Å². The lowest BCUT2D eigenvalue weighted by atomic mass is 10.1. The second-order valence-electron chi connectivity index (χ2n) is 5.05. The van der Waals surface area contributed by atoms with Crippen molar-refractivity contribution in [1.82, 2.24) is 15.5 Å². The summed E-state index contributed by atoms with van der Waals surface area (Å²) in [5, 5.41) is 10.1. The van der Waals surface area contributed by atoms with Crippen LogP contribution in [0.25, 0.3) is 10.9 Å². The number of halogens is 4. The van der Waals surface area contributed by atoms with Crippen LogP contribution in [-0.4, -0.2) is 41.7 Å². The average molecular weight is 333 g/mol. The minimum Gasteiger partial charge on any atom is -0.365 e. The summed E-state index contributed by atoms with van der Waals surface area (Å²) in [4.78, 5) is 11.5. The molecule has 0 unspecified atom stereocenters. The van der Waals surface area contributed by atoms with Crippen molar-refractivity contribution in [3.63, 3.8) is 0 Å². The molecule has 2 rings (SSSR count). The molecule has 2 N–H and O–H groups in total. The Bertz CT molecular complexity index is 688. The molecule has 0 radical (unpaired) electrons. The Kier molecular flexibility index (Phi) is 5.19. The Hall–Kier alpha value is -2.16. The van der Waals surface area contributed by atoms with Gasteiger partial charge in [-0.1, -0.05) is 11.6 Å². The van der Waals surface area contributed by atoms with Crippen molar-refractivity contribution in [3.8, 4) is 0 Å². The van der Waals surface area contributed by atoms with Gasteiger partial charge in [0.2, 0.25) is 5.91 Å². The maximum atomic E-state index is 12.6. The van der Waals surface area contributed by atoms with Crippen LogP contribution in [0.2, 0.25) is 0 Å². The van der Waals surface area contributed by atoms with E-state index in [0.717, 1.165) is 16.5 Å². The van der Waals surface area contributed by atoms with Crippen molar-refractivity contribution in [3.05, 3.63) is 29.5 Å². The van der Waals surface area contributed by atoms with E-state index >= 15 is 0 Å². The number of amides is 1. The number of nitrogens with zero attached hydrogens (tertiary/aromatic N) is 1. The summed E-state index contributed by atoms with van der Waals surface area (Å²) in [5.74, 6) is -4.96. The van der Waals surface area contributed by atoms with Gasteiger partial charge >= 0.3 is 12.3 Å². The van der Waals surface area contributed by atoms with Crippen LogP contribution < -0.4 is 5.32 Å². The molecule has 0 spiro atoms. The third-order valence-electron chi connectivity index (χ3n) is 3.10. The fraction of sp³-hybridized carbons (Fsp3) is 0.429. The van der Waals surface area contributed by atoms with Gasteiger partial charge in [0.25, 0.3) is 0 Å². The molecule has 0 saturated heterocycles. The molecule has 0 atom stereocenters. The highest BCUT2D eigenvalue weighted by Gasteiger charge is 2.41. The molecule has 0 aliphatic carbocycles. The first kappa shape index (κ1) is 17.2. The molecule has 1 heterocycles. The number of rotatable bonds is 7. The number of nitrogens with one attached hydrogen (secondary N) is 2. The van der Waals surface area contributed by atoms with Gasteiger partial charge < -0.3 is 10.1 Å². The van der Waals surface area contributed by atoms with Gasteiger partial charge in [-0.15, -0.1) is 0 Å². The van der Waals surface area contributed by atoms with Gasteiger partial charge in [0, 0.05) is 5.39 Å². The van der Waals surface area contributed by atoms with Gasteiger partial charge in [0.1, 0.15) is 13.2 Å². The minimum atomic E-state index is -4.27. The number of fused-ring (bicyclic) bond motifs is 1. The topological polar surface area (TPSA) is 67.0 Å². The molecule has 2 aromatic rings. The van der Waals surface area contributed by atoms with Crippen LogP contribution in [0.1, 0.15) is 11.3 Å². The van der Waals surface area contributed by atoms with E-state index in [2.05, 4.69) is 20.3 Å². The first-order chi connectivity index (χ1) is 10.8. The van der Waals surface area contributed by atoms with Gasteiger partial charge in [-0.25, -0.2) is 8.78 Å². The molecule has 1 amide bonds. The number of aryl methyl sites for hydroxylation is 1.